The van der Waals surface area contributed by atoms with Crippen LogP contribution in [-0.2, 0) is 4.79 Å². The molecule has 0 bridgehead atoms. The number of amides is 1. The van der Waals surface area contributed by atoms with Gasteiger partial charge in [0.25, 0.3) is 5.91 Å². The number of nitrogens with zero attached hydrogens (tertiary/aromatic N) is 1. The van der Waals surface area contributed by atoms with Crippen LogP contribution in [0.4, 0.5) is 4.39 Å². The Balaban J connectivity index is 1.80. The number of hydrogen-bond acceptors (Lipinski definition) is 1. The molecule has 1 heterocycles. The fourth-order valence-electron chi connectivity index (χ4n) is 3.66. The quantitative estimate of drug-likeness (QED) is 0.823. The van der Waals surface area contributed by atoms with Crippen molar-refractivity contribution in [2.45, 2.75) is 45.3 Å². The smallest absolute Gasteiger partial charge is 0.258 e. The van der Waals surface area contributed by atoms with Gasteiger partial charge in [-0.05, 0) is 30.7 Å². The molecule has 0 spiro atoms. The Labute approximate surface area is 120 Å². The minimum atomic E-state index is -1.31. The number of benzene rings is 1. The molecular weight excluding hydrogens is 253 g/mol. The Kier molecular flexibility index (Phi) is 3.31. The lowest BCUT2D eigenvalue weighted by atomic mass is 9.62. The number of likely N-dealkylation sites (tertiary alicyclic amines) is 1. The molecule has 1 saturated heterocycles. The van der Waals surface area contributed by atoms with Gasteiger partial charge in [0.2, 0.25) is 0 Å². The summed E-state index contributed by atoms with van der Waals surface area (Å²) in [7, 11) is 0. The van der Waals surface area contributed by atoms with E-state index in [1.54, 1.807) is 4.90 Å². The number of hydrogen-bond donors (Lipinski definition) is 0. The first-order chi connectivity index (χ1) is 9.53. The van der Waals surface area contributed by atoms with Crippen LogP contribution in [0.25, 0.3) is 0 Å². The van der Waals surface area contributed by atoms with Gasteiger partial charge in [0.1, 0.15) is 0 Å². The van der Waals surface area contributed by atoms with Gasteiger partial charge in [-0.25, -0.2) is 4.39 Å². The van der Waals surface area contributed by atoms with Crippen LogP contribution in [0.5, 0.6) is 0 Å². The Morgan fingerprint density at radius 2 is 1.95 bits per heavy atom. The van der Waals surface area contributed by atoms with E-state index in [-0.39, 0.29) is 23.3 Å². The van der Waals surface area contributed by atoms with Gasteiger partial charge >= 0.3 is 0 Å². The van der Waals surface area contributed by atoms with Crippen LogP contribution >= 0.6 is 0 Å². The average molecular weight is 275 g/mol. The summed E-state index contributed by atoms with van der Waals surface area (Å²) in [5.74, 6) is -0.450. The molecule has 1 aromatic rings. The third kappa shape index (κ3) is 2.04. The van der Waals surface area contributed by atoms with E-state index in [0.29, 0.717) is 6.54 Å². The van der Waals surface area contributed by atoms with Gasteiger partial charge in [-0.3, -0.25) is 4.79 Å². The number of carbonyl (C=O) groups is 1. The average Bonchev–Trinajstić information content (AvgIpc) is 2.73. The fraction of sp³-hybridized carbons (Fsp3) is 0.588. The molecule has 0 unspecified atom stereocenters. The first-order valence-electron chi connectivity index (χ1n) is 7.52. The Bertz CT molecular complexity index is 497. The van der Waals surface area contributed by atoms with Crippen LogP contribution in [0, 0.1) is 11.3 Å². The second kappa shape index (κ2) is 4.87. The summed E-state index contributed by atoms with van der Waals surface area (Å²) in [4.78, 5) is 14.0. The molecule has 1 amide bonds. The van der Waals surface area contributed by atoms with Crippen molar-refractivity contribution in [2.75, 3.05) is 6.54 Å². The summed E-state index contributed by atoms with van der Waals surface area (Å²) in [6.45, 7) is 4.69. The van der Waals surface area contributed by atoms with E-state index in [2.05, 4.69) is 6.92 Å². The molecular formula is C17H22FNO. The van der Waals surface area contributed by atoms with Crippen molar-refractivity contribution in [3.63, 3.8) is 0 Å². The van der Waals surface area contributed by atoms with Crippen molar-refractivity contribution in [2.24, 2.45) is 11.3 Å². The van der Waals surface area contributed by atoms with E-state index >= 15 is 0 Å². The van der Waals surface area contributed by atoms with Gasteiger partial charge in [0.15, 0.2) is 6.17 Å². The summed E-state index contributed by atoms with van der Waals surface area (Å²) in [5.41, 5.74) is 1.10. The standard InChI is InChI=1S/C17H22FNO/c1-12(13-7-4-3-5-8-13)19-11-14(15(18)16(19)20)17(2)9-6-10-17/h3-5,7-8,12,14-15H,6,9-11H2,1-2H3/t12-,14-,15+/m0/s1. The molecule has 3 rings (SSSR count). The van der Waals surface area contributed by atoms with Crippen LogP contribution in [0.3, 0.4) is 0 Å². The Hall–Kier alpha value is -1.38. The van der Waals surface area contributed by atoms with E-state index in [1.165, 1.54) is 6.42 Å². The maximum absolute atomic E-state index is 14.4. The highest BCUT2D eigenvalue weighted by molar-refractivity contribution is 5.84. The zero-order valence-electron chi connectivity index (χ0n) is 12.2. The number of halogens is 1. The van der Waals surface area contributed by atoms with Crippen molar-refractivity contribution in [3.05, 3.63) is 35.9 Å². The molecule has 0 aromatic heterocycles. The zero-order valence-corrected chi connectivity index (χ0v) is 12.2. The summed E-state index contributed by atoms with van der Waals surface area (Å²) in [6, 6.07) is 9.84. The highest BCUT2D eigenvalue weighted by Crippen LogP contribution is 2.51. The van der Waals surface area contributed by atoms with Crippen molar-refractivity contribution in [3.8, 4) is 0 Å². The van der Waals surface area contributed by atoms with Gasteiger partial charge < -0.3 is 4.90 Å². The minimum absolute atomic E-state index is 0.0280. The van der Waals surface area contributed by atoms with Crippen molar-refractivity contribution < 1.29 is 9.18 Å². The minimum Gasteiger partial charge on any atom is -0.333 e. The third-order valence-corrected chi connectivity index (χ3v) is 5.41. The van der Waals surface area contributed by atoms with E-state index in [0.717, 1.165) is 18.4 Å². The lowest BCUT2D eigenvalue weighted by Crippen LogP contribution is -2.39. The van der Waals surface area contributed by atoms with Crippen molar-refractivity contribution in [1.29, 1.82) is 0 Å². The van der Waals surface area contributed by atoms with E-state index in [9.17, 15) is 9.18 Å². The molecule has 2 fully saturated rings. The molecule has 1 aliphatic carbocycles. The van der Waals surface area contributed by atoms with E-state index in [1.807, 2.05) is 37.3 Å². The number of rotatable bonds is 3. The third-order valence-electron chi connectivity index (χ3n) is 5.41. The normalized spacial score (nSPS) is 30.1. The fourth-order valence-corrected chi connectivity index (χ4v) is 3.66. The van der Waals surface area contributed by atoms with Crippen LogP contribution in [-0.4, -0.2) is 23.5 Å². The van der Waals surface area contributed by atoms with Gasteiger partial charge in [-0.1, -0.05) is 43.7 Å². The topological polar surface area (TPSA) is 20.3 Å². The number of carbonyl (C=O) groups excluding carboxylic acids is 1. The summed E-state index contributed by atoms with van der Waals surface area (Å²) < 4.78 is 14.4. The molecule has 2 nitrogen and oxygen atoms in total. The van der Waals surface area contributed by atoms with Gasteiger partial charge in [0.05, 0.1) is 6.04 Å². The van der Waals surface area contributed by atoms with Crippen molar-refractivity contribution in [1.82, 2.24) is 4.90 Å². The molecule has 3 heteroatoms. The molecule has 1 aromatic carbocycles. The van der Waals surface area contributed by atoms with Crippen LogP contribution in [0.2, 0.25) is 0 Å². The van der Waals surface area contributed by atoms with E-state index in [4.69, 9.17) is 0 Å². The molecule has 0 N–H and O–H groups in total. The molecule has 3 atom stereocenters. The molecule has 20 heavy (non-hydrogen) atoms. The molecule has 1 saturated carbocycles. The molecule has 2 aliphatic rings. The summed E-state index contributed by atoms with van der Waals surface area (Å²) >= 11 is 0. The second-order valence-electron chi connectivity index (χ2n) is 6.59. The molecule has 108 valence electrons. The number of alkyl halides is 1. The summed E-state index contributed by atoms with van der Waals surface area (Å²) in [5, 5.41) is 0. The molecule has 0 radical (unpaired) electrons. The zero-order chi connectivity index (χ0) is 14.3. The van der Waals surface area contributed by atoms with Crippen LogP contribution in [0.15, 0.2) is 30.3 Å². The molecule has 1 aliphatic heterocycles. The maximum atomic E-state index is 14.4. The SMILES string of the molecule is C[C@@H](c1ccccc1)N1C[C@H](C2(C)CCC2)[C@@H](F)C1=O. The largest absolute Gasteiger partial charge is 0.333 e. The van der Waals surface area contributed by atoms with Crippen molar-refractivity contribution >= 4 is 5.91 Å². The monoisotopic (exact) mass is 275 g/mol. The van der Waals surface area contributed by atoms with Gasteiger partial charge in [-0.15, -0.1) is 0 Å². The predicted octanol–water partition coefficient (Wildman–Crippen LogP) is 3.73. The maximum Gasteiger partial charge on any atom is 0.258 e. The second-order valence-corrected chi connectivity index (χ2v) is 6.59. The summed E-state index contributed by atoms with van der Waals surface area (Å²) in [6.07, 6.45) is 1.96. The van der Waals surface area contributed by atoms with Gasteiger partial charge in [-0.2, -0.15) is 0 Å². The lowest BCUT2D eigenvalue weighted by molar-refractivity contribution is -0.134. The van der Waals surface area contributed by atoms with Gasteiger partial charge in [0, 0.05) is 12.5 Å². The Morgan fingerprint density at radius 1 is 1.30 bits per heavy atom. The predicted molar refractivity (Wildman–Crippen MR) is 76.9 cm³/mol. The lowest BCUT2D eigenvalue weighted by Gasteiger charge is -2.43. The highest BCUT2D eigenvalue weighted by Gasteiger charge is 2.53. The van der Waals surface area contributed by atoms with E-state index < -0.39 is 6.17 Å². The van der Waals surface area contributed by atoms with Crippen LogP contribution in [0.1, 0.15) is 44.7 Å². The Morgan fingerprint density at radius 3 is 2.50 bits per heavy atom. The van der Waals surface area contributed by atoms with Crippen LogP contribution < -0.4 is 0 Å². The highest BCUT2D eigenvalue weighted by atomic mass is 19.1. The first-order valence-corrected chi connectivity index (χ1v) is 7.52. The first kappa shape index (κ1) is 13.6.